The first-order valence-corrected chi connectivity index (χ1v) is 12.0. The molecule has 3 atom stereocenters. The summed E-state index contributed by atoms with van der Waals surface area (Å²) in [4.78, 5) is 12.1. The molecule has 22 heavy (non-hydrogen) atoms. The molecule has 2 N–H and O–H groups in total. The Bertz CT molecular complexity index is 586. The van der Waals surface area contributed by atoms with Crippen LogP contribution in [0.25, 0.3) is 0 Å². The van der Waals surface area contributed by atoms with Crippen molar-refractivity contribution in [1.29, 1.82) is 0 Å². The zero-order chi connectivity index (χ0) is 15.9. The number of nitrogens with two attached hydrogens (primary N) is 1. The van der Waals surface area contributed by atoms with Crippen molar-refractivity contribution in [2.24, 2.45) is 17.6 Å². The quantitative estimate of drug-likeness (QED) is 0.647. The zero-order valence-electron chi connectivity index (χ0n) is 13.6. The fourth-order valence-corrected chi connectivity index (χ4v) is 9.53. The van der Waals surface area contributed by atoms with E-state index in [2.05, 4.69) is 25.2 Å². The summed E-state index contributed by atoms with van der Waals surface area (Å²) >= 11 is 5.92. The predicted octanol–water partition coefficient (Wildman–Crippen LogP) is 3.67. The van der Waals surface area contributed by atoms with Gasteiger partial charge in [0.25, 0.3) is 0 Å². The normalized spacial score (nSPS) is 27.3. The Hall–Kier alpha value is -0.803. The molecule has 3 unspecified atom stereocenters. The minimum atomic E-state index is -1.71. The Balaban J connectivity index is 2.02. The average Bonchev–Trinajstić information content (AvgIpc) is 3.10. The van der Waals surface area contributed by atoms with E-state index in [0.717, 1.165) is 34.9 Å². The number of halogens is 1. The fourth-order valence-electron chi connectivity index (χ4n) is 5.07. The number of rotatable bonds is 5. The van der Waals surface area contributed by atoms with E-state index in [0.29, 0.717) is 5.88 Å². The van der Waals surface area contributed by atoms with Gasteiger partial charge in [0.1, 0.15) is 0 Å². The molecule has 2 nitrogen and oxygen atoms in total. The molecule has 0 radical (unpaired) electrons. The van der Waals surface area contributed by atoms with Gasteiger partial charge in [-0.3, -0.25) is 4.79 Å². The maximum absolute atomic E-state index is 12.1. The Morgan fingerprint density at radius 3 is 2.64 bits per heavy atom. The minimum absolute atomic E-state index is 0.278. The summed E-state index contributed by atoms with van der Waals surface area (Å²) in [5.74, 6) is 2.06. The van der Waals surface area contributed by atoms with E-state index in [1.54, 1.807) is 0 Å². The summed E-state index contributed by atoms with van der Waals surface area (Å²) in [6.07, 6.45) is 6.30. The predicted molar refractivity (Wildman–Crippen MR) is 95.7 cm³/mol. The third-order valence-corrected chi connectivity index (χ3v) is 10.7. The van der Waals surface area contributed by atoms with Gasteiger partial charge >= 0.3 is 0 Å². The Morgan fingerprint density at radius 1 is 1.32 bits per heavy atom. The fraction of sp³-hybridized carbons (Fsp3) is 0.611. The van der Waals surface area contributed by atoms with Crippen molar-refractivity contribution in [2.45, 2.75) is 50.7 Å². The van der Waals surface area contributed by atoms with Crippen molar-refractivity contribution >= 4 is 30.8 Å². The number of primary amides is 1. The van der Waals surface area contributed by atoms with Gasteiger partial charge in [0.2, 0.25) is 5.91 Å². The molecule has 0 aromatic heterocycles. The van der Waals surface area contributed by atoms with Crippen molar-refractivity contribution in [2.75, 3.05) is 5.88 Å². The summed E-state index contributed by atoms with van der Waals surface area (Å²) in [5, 5.41) is 1.26. The molecule has 3 rings (SSSR count). The van der Waals surface area contributed by atoms with Crippen LogP contribution in [-0.2, 0) is 6.42 Å². The topological polar surface area (TPSA) is 43.1 Å². The lowest BCUT2D eigenvalue weighted by Crippen LogP contribution is -2.51. The lowest BCUT2D eigenvalue weighted by molar-refractivity contribution is 0.100. The second kappa shape index (κ2) is 6.01. The number of amides is 1. The maximum Gasteiger partial charge on any atom is 0.248 e. The standard InChI is InChI=1S/C18H26ClNOSi/c1-22(2,16-11-12-6-7-14(16)10-12)15-5-3-4-13(8-9-19)17(15)18(20)21/h3-5,12,14,16H,6-11H2,1-2H3,(H2,20,21). The number of hydrogen-bond acceptors (Lipinski definition) is 1. The van der Waals surface area contributed by atoms with Gasteiger partial charge in [0.15, 0.2) is 0 Å². The second-order valence-electron chi connectivity index (χ2n) is 7.65. The highest BCUT2D eigenvalue weighted by Crippen LogP contribution is 2.55. The molecule has 0 spiro atoms. The van der Waals surface area contributed by atoms with Crippen LogP contribution >= 0.6 is 11.6 Å². The first kappa shape index (κ1) is 16.1. The molecule has 0 saturated heterocycles. The molecule has 2 bridgehead atoms. The van der Waals surface area contributed by atoms with E-state index in [4.69, 9.17) is 17.3 Å². The Kier molecular flexibility index (Phi) is 4.39. The molecule has 1 aromatic carbocycles. The number of benzene rings is 1. The van der Waals surface area contributed by atoms with Crippen LogP contribution in [0.15, 0.2) is 18.2 Å². The van der Waals surface area contributed by atoms with Gasteiger partial charge in [-0.05, 0) is 47.4 Å². The van der Waals surface area contributed by atoms with Crippen LogP contribution < -0.4 is 10.9 Å². The molecule has 2 aliphatic carbocycles. The van der Waals surface area contributed by atoms with Crippen LogP contribution in [0.2, 0.25) is 18.6 Å². The van der Waals surface area contributed by atoms with Gasteiger partial charge in [-0.15, -0.1) is 11.6 Å². The number of carbonyl (C=O) groups excluding carboxylic acids is 1. The number of alkyl halides is 1. The SMILES string of the molecule is C[Si](C)(c1cccc(CCCl)c1C(N)=O)C1CC2CCC1C2. The number of carbonyl (C=O) groups is 1. The van der Waals surface area contributed by atoms with Gasteiger partial charge < -0.3 is 5.73 Å². The van der Waals surface area contributed by atoms with Crippen LogP contribution in [0.1, 0.15) is 41.6 Å². The van der Waals surface area contributed by atoms with E-state index >= 15 is 0 Å². The molecule has 1 amide bonds. The average molecular weight is 336 g/mol. The summed E-state index contributed by atoms with van der Waals surface area (Å²) in [6, 6.07) is 6.26. The minimum Gasteiger partial charge on any atom is -0.366 e. The van der Waals surface area contributed by atoms with Crippen LogP contribution in [0.3, 0.4) is 0 Å². The second-order valence-corrected chi connectivity index (χ2v) is 12.7. The summed E-state index contributed by atoms with van der Waals surface area (Å²) in [5.41, 5.74) is 8.37. The summed E-state index contributed by atoms with van der Waals surface area (Å²) in [7, 11) is -1.71. The van der Waals surface area contributed by atoms with E-state index in [-0.39, 0.29) is 5.91 Å². The van der Waals surface area contributed by atoms with Crippen molar-refractivity contribution < 1.29 is 4.79 Å². The Morgan fingerprint density at radius 2 is 2.09 bits per heavy atom. The van der Waals surface area contributed by atoms with Crippen molar-refractivity contribution in [3.8, 4) is 0 Å². The van der Waals surface area contributed by atoms with Crippen molar-refractivity contribution in [1.82, 2.24) is 0 Å². The van der Waals surface area contributed by atoms with Crippen molar-refractivity contribution in [3.05, 3.63) is 29.3 Å². The van der Waals surface area contributed by atoms with Crippen LogP contribution in [0, 0.1) is 11.8 Å². The zero-order valence-corrected chi connectivity index (χ0v) is 15.3. The molecule has 0 heterocycles. The first-order valence-electron chi connectivity index (χ1n) is 8.43. The van der Waals surface area contributed by atoms with E-state index in [9.17, 15) is 4.79 Å². The van der Waals surface area contributed by atoms with Crippen LogP contribution in [-0.4, -0.2) is 19.9 Å². The third-order valence-electron chi connectivity index (χ3n) is 6.12. The molecular formula is C18H26ClNOSi. The van der Waals surface area contributed by atoms with Crippen LogP contribution in [0.5, 0.6) is 0 Å². The lowest BCUT2D eigenvalue weighted by Gasteiger charge is -2.37. The smallest absolute Gasteiger partial charge is 0.248 e. The molecule has 1 aromatic rings. The molecule has 4 heteroatoms. The first-order chi connectivity index (χ1) is 10.4. The van der Waals surface area contributed by atoms with E-state index in [1.807, 2.05) is 6.07 Å². The van der Waals surface area contributed by atoms with Gasteiger partial charge in [-0.25, -0.2) is 0 Å². The van der Waals surface area contributed by atoms with Gasteiger partial charge in [0, 0.05) is 11.4 Å². The van der Waals surface area contributed by atoms with Gasteiger partial charge in [-0.1, -0.05) is 44.1 Å². The monoisotopic (exact) mass is 335 g/mol. The molecule has 2 saturated carbocycles. The molecule has 120 valence electrons. The third kappa shape index (κ3) is 2.63. The highest BCUT2D eigenvalue weighted by Gasteiger charge is 2.48. The number of aryl methyl sites for hydroxylation is 1. The van der Waals surface area contributed by atoms with Gasteiger partial charge in [-0.2, -0.15) is 0 Å². The Labute approximate surface area is 139 Å². The highest BCUT2D eigenvalue weighted by molar-refractivity contribution is 6.91. The summed E-state index contributed by atoms with van der Waals surface area (Å²) < 4.78 is 0. The van der Waals surface area contributed by atoms with E-state index < -0.39 is 8.07 Å². The van der Waals surface area contributed by atoms with E-state index in [1.165, 1.54) is 30.9 Å². The lowest BCUT2D eigenvalue weighted by atomic mass is 10.0. The number of hydrogen-bond donors (Lipinski definition) is 1. The summed E-state index contributed by atoms with van der Waals surface area (Å²) in [6.45, 7) is 4.87. The van der Waals surface area contributed by atoms with Crippen molar-refractivity contribution in [3.63, 3.8) is 0 Å². The maximum atomic E-state index is 12.1. The highest BCUT2D eigenvalue weighted by atomic mass is 35.5. The molecule has 0 aliphatic heterocycles. The number of fused-ring (bicyclic) bond motifs is 2. The van der Waals surface area contributed by atoms with Crippen LogP contribution in [0.4, 0.5) is 0 Å². The molecule has 2 aliphatic rings. The molecular weight excluding hydrogens is 310 g/mol. The van der Waals surface area contributed by atoms with Gasteiger partial charge in [0.05, 0.1) is 8.07 Å². The molecule has 2 fully saturated rings. The largest absolute Gasteiger partial charge is 0.366 e.